The number of hydrogen-bond donors (Lipinski definition) is 2. The number of halogens is 1. The third-order valence-corrected chi connectivity index (χ3v) is 4.28. The minimum absolute atomic E-state index is 0.0947. The van der Waals surface area contributed by atoms with Gasteiger partial charge in [-0.2, -0.15) is 0 Å². The van der Waals surface area contributed by atoms with E-state index in [-0.39, 0.29) is 18.1 Å². The minimum Gasteiger partial charge on any atom is -0.481 e. The molecule has 1 aliphatic rings. The van der Waals surface area contributed by atoms with Crippen LogP contribution in [0.5, 0.6) is 0 Å². The van der Waals surface area contributed by atoms with Crippen molar-refractivity contribution in [2.24, 2.45) is 0 Å². The van der Waals surface area contributed by atoms with Gasteiger partial charge in [0.2, 0.25) is 5.91 Å². The summed E-state index contributed by atoms with van der Waals surface area (Å²) < 4.78 is 18.5. The highest BCUT2D eigenvalue weighted by molar-refractivity contribution is 5.88. The maximum atomic E-state index is 13.2. The molecule has 2 rings (SSSR count). The van der Waals surface area contributed by atoms with Crippen molar-refractivity contribution in [1.82, 2.24) is 5.32 Å². The lowest BCUT2D eigenvalue weighted by molar-refractivity contribution is -0.137. The second-order valence-electron chi connectivity index (χ2n) is 5.81. The van der Waals surface area contributed by atoms with Crippen molar-refractivity contribution in [3.8, 4) is 0 Å². The fourth-order valence-corrected chi connectivity index (χ4v) is 2.91. The Hall–Kier alpha value is -1.95. The summed E-state index contributed by atoms with van der Waals surface area (Å²) in [6.45, 7) is 1.42. The number of unbranched alkanes of at least 4 members (excludes halogenated alkanes) is 1. The lowest BCUT2D eigenvalue weighted by atomic mass is 9.73. The summed E-state index contributed by atoms with van der Waals surface area (Å²) in [4.78, 5) is 23.2. The van der Waals surface area contributed by atoms with Crippen molar-refractivity contribution < 1.29 is 23.8 Å². The molecule has 5 nitrogen and oxygen atoms in total. The van der Waals surface area contributed by atoms with Crippen molar-refractivity contribution >= 4 is 11.9 Å². The molecular weight excluding hydrogens is 301 g/mol. The molecule has 0 radical (unpaired) electrons. The first kappa shape index (κ1) is 17.4. The zero-order chi connectivity index (χ0) is 16.7. The van der Waals surface area contributed by atoms with Gasteiger partial charge in [-0.25, -0.2) is 4.39 Å². The van der Waals surface area contributed by atoms with E-state index in [1.165, 1.54) is 12.1 Å². The number of hydrogen-bond acceptors (Lipinski definition) is 3. The Morgan fingerprint density at radius 2 is 1.83 bits per heavy atom. The van der Waals surface area contributed by atoms with Crippen LogP contribution >= 0.6 is 0 Å². The van der Waals surface area contributed by atoms with Crippen molar-refractivity contribution in [3.05, 3.63) is 35.6 Å². The molecule has 1 aliphatic heterocycles. The van der Waals surface area contributed by atoms with Crippen LogP contribution in [0.4, 0.5) is 4.39 Å². The van der Waals surface area contributed by atoms with E-state index in [0.717, 1.165) is 5.56 Å². The number of carbonyl (C=O) groups excluding carboxylic acids is 1. The summed E-state index contributed by atoms with van der Waals surface area (Å²) >= 11 is 0. The van der Waals surface area contributed by atoms with E-state index in [0.29, 0.717) is 45.4 Å². The number of nitrogens with one attached hydrogen (secondary N) is 1. The highest BCUT2D eigenvalue weighted by Gasteiger charge is 2.41. The zero-order valence-corrected chi connectivity index (χ0v) is 13.0. The summed E-state index contributed by atoms with van der Waals surface area (Å²) in [6, 6.07) is 6.05. The Balaban J connectivity index is 2.01. The molecule has 0 aliphatic carbocycles. The minimum atomic E-state index is -0.830. The average molecular weight is 323 g/mol. The number of carbonyl (C=O) groups is 2. The molecule has 1 aromatic rings. The Labute approximate surface area is 134 Å². The standard InChI is InChI=1S/C17H22FNO4/c18-14-6-4-13(5-7-14)17(8-11-23-12-9-17)16(22)19-10-2-1-3-15(20)21/h4-7H,1-3,8-12H2,(H,19,22)(H,20,21). The summed E-state index contributed by atoms with van der Waals surface area (Å²) in [5, 5.41) is 11.5. The Kier molecular flexibility index (Phi) is 6.10. The van der Waals surface area contributed by atoms with Gasteiger partial charge in [0.25, 0.3) is 0 Å². The first-order valence-corrected chi connectivity index (χ1v) is 7.88. The monoisotopic (exact) mass is 323 g/mol. The van der Waals surface area contributed by atoms with Gasteiger partial charge in [0, 0.05) is 26.2 Å². The van der Waals surface area contributed by atoms with Crippen LogP contribution in [0.1, 0.15) is 37.7 Å². The molecule has 126 valence electrons. The van der Waals surface area contributed by atoms with Gasteiger partial charge < -0.3 is 15.2 Å². The molecule has 6 heteroatoms. The molecule has 0 spiro atoms. The lowest BCUT2D eigenvalue weighted by Gasteiger charge is -2.36. The molecule has 23 heavy (non-hydrogen) atoms. The maximum absolute atomic E-state index is 13.2. The molecule has 0 saturated carbocycles. The number of ether oxygens (including phenoxy) is 1. The first-order chi connectivity index (χ1) is 11.0. The topological polar surface area (TPSA) is 75.6 Å². The van der Waals surface area contributed by atoms with E-state index in [4.69, 9.17) is 9.84 Å². The second kappa shape index (κ2) is 8.06. The van der Waals surface area contributed by atoms with E-state index in [2.05, 4.69) is 5.32 Å². The SMILES string of the molecule is O=C(O)CCCCNC(=O)C1(c2ccc(F)cc2)CCOCC1. The lowest BCUT2D eigenvalue weighted by Crippen LogP contribution is -2.48. The van der Waals surface area contributed by atoms with E-state index in [1.807, 2.05) is 0 Å². The third-order valence-electron chi connectivity index (χ3n) is 4.28. The number of rotatable bonds is 7. The van der Waals surface area contributed by atoms with Crippen LogP contribution in [0, 0.1) is 5.82 Å². The second-order valence-corrected chi connectivity index (χ2v) is 5.81. The van der Waals surface area contributed by atoms with E-state index in [1.54, 1.807) is 12.1 Å². The van der Waals surface area contributed by atoms with Crippen LogP contribution in [0.25, 0.3) is 0 Å². The molecular formula is C17H22FNO4. The number of carboxylic acids is 1. The van der Waals surface area contributed by atoms with Gasteiger partial charge in [-0.1, -0.05) is 12.1 Å². The highest BCUT2D eigenvalue weighted by atomic mass is 19.1. The molecule has 0 unspecified atom stereocenters. The zero-order valence-electron chi connectivity index (χ0n) is 13.0. The fourth-order valence-electron chi connectivity index (χ4n) is 2.91. The molecule has 0 aromatic heterocycles. The number of amides is 1. The van der Waals surface area contributed by atoms with E-state index >= 15 is 0 Å². The van der Waals surface area contributed by atoms with Gasteiger partial charge in [0.15, 0.2) is 0 Å². The Morgan fingerprint density at radius 1 is 1.17 bits per heavy atom. The molecule has 1 heterocycles. The van der Waals surface area contributed by atoms with E-state index in [9.17, 15) is 14.0 Å². The van der Waals surface area contributed by atoms with Gasteiger partial charge in [0.1, 0.15) is 5.82 Å². The molecule has 0 bridgehead atoms. The van der Waals surface area contributed by atoms with Crippen LogP contribution < -0.4 is 5.32 Å². The first-order valence-electron chi connectivity index (χ1n) is 7.88. The molecule has 1 saturated heterocycles. The summed E-state index contributed by atoms with van der Waals surface area (Å²) in [7, 11) is 0. The Morgan fingerprint density at radius 3 is 2.43 bits per heavy atom. The predicted molar refractivity (Wildman–Crippen MR) is 82.6 cm³/mol. The predicted octanol–water partition coefficient (Wildman–Crippen LogP) is 2.25. The maximum Gasteiger partial charge on any atom is 0.303 e. The molecule has 0 atom stereocenters. The van der Waals surface area contributed by atoms with Crippen LogP contribution in [0.15, 0.2) is 24.3 Å². The smallest absolute Gasteiger partial charge is 0.303 e. The van der Waals surface area contributed by atoms with E-state index < -0.39 is 11.4 Å². The quantitative estimate of drug-likeness (QED) is 0.755. The molecule has 1 aromatic carbocycles. The van der Waals surface area contributed by atoms with Gasteiger partial charge in [-0.05, 0) is 43.4 Å². The van der Waals surface area contributed by atoms with Crippen LogP contribution in [-0.2, 0) is 19.7 Å². The highest BCUT2D eigenvalue weighted by Crippen LogP contribution is 2.35. The number of carboxylic acid groups (broad SMARTS) is 1. The van der Waals surface area contributed by atoms with Gasteiger partial charge in [0.05, 0.1) is 5.41 Å². The molecule has 2 N–H and O–H groups in total. The summed E-state index contributed by atoms with van der Waals surface area (Å²) in [5.74, 6) is -1.25. The van der Waals surface area contributed by atoms with Crippen LogP contribution in [-0.4, -0.2) is 36.7 Å². The van der Waals surface area contributed by atoms with Crippen molar-refractivity contribution in [2.75, 3.05) is 19.8 Å². The number of benzene rings is 1. The van der Waals surface area contributed by atoms with Gasteiger partial charge >= 0.3 is 5.97 Å². The van der Waals surface area contributed by atoms with Crippen molar-refractivity contribution in [3.63, 3.8) is 0 Å². The molecule has 1 fully saturated rings. The fraction of sp³-hybridized carbons (Fsp3) is 0.529. The summed E-state index contributed by atoms with van der Waals surface area (Å²) in [6.07, 6.45) is 2.36. The summed E-state index contributed by atoms with van der Waals surface area (Å²) in [5.41, 5.74) is 0.101. The van der Waals surface area contributed by atoms with Crippen LogP contribution in [0.2, 0.25) is 0 Å². The Bertz CT molecular complexity index is 538. The van der Waals surface area contributed by atoms with Crippen LogP contribution in [0.3, 0.4) is 0 Å². The van der Waals surface area contributed by atoms with Crippen molar-refractivity contribution in [1.29, 1.82) is 0 Å². The van der Waals surface area contributed by atoms with Crippen molar-refractivity contribution in [2.45, 2.75) is 37.5 Å². The normalized spacial score (nSPS) is 16.7. The molecule has 1 amide bonds. The van der Waals surface area contributed by atoms with Gasteiger partial charge in [-0.15, -0.1) is 0 Å². The average Bonchev–Trinajstić information content (AvgIpc) is 2.55. The third kappa shape index (κ3) is 4.51. The number of aliphatic carboxylic acids is 1. The largest absolute Gasteiger partial charge is 0.481 e. The van der Waals surface area contributed by atoms with Gasteiger partial charge in [-0.3, -0.25) is 9.59 Å².